The molecule has 0 amide bonds. The maximum atomic E-state index is 12.7. The lowest BCUT2D eigenvalue weighted by atomic mass is 10.1. The summed E-state index contributed by atoms with van der Waals surface area (Å²) in [7, 11) is -3.72. The van der Waals surface area contributed by atoms with Gasteiger partial charge < -0.3 is 5.32 Å². The fourth-order valence-electron chi connectivity index (χ4n) is 1.66. The summed E-state index contributed by atoms with van der Waals surface area (Å²) in [6.07, 6.45) is 2.71. The number of nitrogens with one attached hydrogen (secondary N) is 1. The summed E-state index contributed by atoms with van der Waals surface area (Å²) >= 11 is 0. The van der Waals surface area contributed by atoms with Crippen LogP contribution in [0.15, 0.2) is 65.7 Å². The van der Waals surface area contributed by atoms with Crippen LogP contribution < -0.4 is 10.5 Å². The zero-order valence-corrected chi connectivity index (χ0v) is 12.2. The average molecular weight is 320 g/mol. The second kappa shape index (κ2) is 6.50. The molecule has 114 valence electrons. The van der Waals surface area contributed by atoms with E-state index in [1.807, 2.05) is 0 Å². The van der Waals surface area contributed by atoms with Crippen molar-refractivity contribution in [1.82, 2.24) is 0 Å². The number of ketones is 1. The van der Waals surface area contributed by atoms with Crippen molar-refractivity contribution in [3.05, 3.63) is 72.2 Å². The van der Waals surface area contributed by atoms with E-state index in [2.05, 4.69) is 5.32 Å². The van der Waals surface area contributed by atoms with Gasteiger partial charge in [0, 0.05) is 23.5 Å². The Morgan fingerprint density at radius 3 is 2.18 bits per heavy atom. The highest BCUT2D eigenvalue weighted by Gasteiger charge is 2.06. The van der Waals surface area contributed by atoms with Crippen molar-refractivity contribution in [2.24, 2.45) is 5.14 Å². The zero-order chi connectivity index (χ0) is 16.2. The molecule has 3 N–H and O–H groups in total. The van der Waals surface area contributed by atoms with Crippen LogP contribution in [0.25, 0.3) is 0 Å². The van der Waals surface area contributed by atoms with Gasteiger partial charge in [-0.2, -0.15) is 0 Å². The first kappa shape index (κ1) is 15.9. The molecule has 2 rings (SSSR count). The molecule has 0 aliphatic carbocycles. The summed E-state index contributed by atoms with van der Waals surface area (Å²) in [6.45, 7) is 0. The number of allylic oxidation sites excluding steroid dienone is 1. The maximum Gasteiger partial charge on any atom is 0.238 e. The van der Waals surface area contributed by atoms with Gasteiger partial charge in [-0.15, -0.1) is 0 Å². The van der Waals surface area contributed by atoms with Gasteiger partial charge in [0.25, 0.3) is 0 Å². The summed E-state index contributed by atoms with van der Waals surface area (Å²) in [5, 5.41) is 7.81. The van der Waals surface area contributed by atoms with Crippen molar-refractivity contribution in [3.8, 4) is 0 Å². The quantitative estimate of drug-likeness (QED) is 0.653. The standard InChI is InChI=1S/C15H13FN2O3S/c16-12-3-1-11(2-4-12)15(19)9-10-18-13-5-7-14(8-6-13)22(17,20)21/h1-10,18H,(H2,17,20,21)/b10-9-. The van der Waals surface area contributed by atoms with Crippen LogP contribution >= 0.6 is 0 Å². The number of rotatable bonds is 5. The van der Waals surface area contributed by atoms with Crippen LogP contribution in [0.2, 0.25) is 0 Å². The molecule has 2 aromatic rings. The van der Waals surface area contributed by atoms with Crippen LogP contribution in [0.3, 0.4) is 0 Å². The molecule has 5 nitrogen and oxygen atoms in total. The zero-order valence-electron chi connectivity index (χ0n) is 11.4. The van der Waals surface area contributed by atoms with Gasteiger partial charge in [0.15, 0.2) is 5.78 Å². The number of primary sulfonamides is 1. The Balaban J connectivity index is 2.00. The van der Waals surface area contributed by atoms with Crippen molar-refractivity contribution < 1.29 is 17.6 Å². The van der Waals surface area contributed by atoms with E-state index in [9.17, 15) is 17.6 Å². The highest BCUT2D eigenvalue weighted by atomic mass is 32.2. The molecule has 7 heteroatoms. The lowest BCUT2D eigenvalue weighted by Gasteiger charge is -2.02. The second-order valence-corrected chi connectivity index (χ2v) is 5.98. The second-order valence-electron chi connectivity index (χ2n) is 4.42. The van der Waals surface area contributed by atoms with Crippen LogP contribution in [0, 0.1) is 5.82 Å². The Morgan fingerprint density at radius 2 is 1.64 bits per heavy atom. The van der Waals surface area contributed by atoms with Gasteiger partial charge in [-0.05, 0) is 48.5 Å². The minimum Gasteiger partial charge on any atom is -0.362 e. The predicted octanol–water partition coefficient (Wildman–Crippen LogP) is 2.28. The SMILES string of the molecule is NS(=O)(=O)c1ccc(N/C=C\C(=O)c2ccc(F)cc2)cc1. The number of halogens is 1. The van der Waals surface area contributed by atoms with Gasteiger partial charge >= 0.3 is 0 Å². The van der Waals surface area contributed by atoms with E-state index in [-0.39, 0.29) is 10.7 Å². The van der Waals surface area contributed by atoms with Crippen molar-refractivity contribution >= 4 is 21.5 Å². The number of hydrogen-bond donors (Lipinski definition) is 2. The highest BCUT2D eigenvalue weighted by molar-refractivity contribution is 7.89. The lowest BCUT2D eigenvalue weighted by molar-refractivity contribution is 0.104. The Kier molecular flexibility index (Phi) is 4.69. The number of nitrogens with two attached hydrogens (primary N) is 1. The minimum absolute atomic E-state index is 0.00409. The van der Waals surface area contributed by atoms with Gasteiger partial charge in [0.1, 0.15) is 5.82 Å². The Morgan fingerprint density at radius 1 is 1.05 bits per heavy atom. The average Bonchev–Trinajstić information content (AvgIpc) is 2.47. The van der Waals surface area contributed by atoms with Gasteiger partial charge in [0.2, 0.25) is 10.0 Å². The minimum atomic E-state index is -3.72. The number of sulfonamides is 1. The summed E-state index contributed by atoms with van der Waals surface area (Å²) in [4.78, 5) is 11.8. The van der Waals surface area contributed by atoms with E-state index < -0.39 is 15.8 Å². The lowest BCUT2D eigenvalue weighted by Crippen LogP contribution is -2.11. The fourth-order valence-corrected chi connectivity index (χ4v) is 2.18. The molecule has 0 aliphatic heterocycles. The summed E-state index contributed by atoms with van der Waals surface area (Å²) in [5.41, 5.74) is 0.958. The van der Waals surface area contributed by atoms with Crippen LogP contribution in [-0.2, 0) is 10.0 Å². The first-order valence-electron chi connectivity index (χ1n) is 6.22. The van der Waals surface area contributed by atoms with Crippen LogP contribution in [0.4, 0.5) is 10.1 Å². The van der Waals surface area contributed by atoms with E-state index in [1.54, 1.807) is 0 Å². The van der Waals surface area contributed by atoms with E-state index >= 15 is 0 Å². The van der Waals surface area contributed by atoms with Crippen LogP contribution in [0.1, 0.15) is 10.4 Å². The first-order chi connectivity index (χ1) is 10.4. The first-order valence-corrected chi connectivity index (χ1v) is 7.77. The molecule has 2 aromatic carbocycles. The van der Waals surface area contributed by atoms with Crippen LogP contribution in [-0.4, -0.2) is 14.2 Å². The number of carbonyl (C=O) groups is 1. The summed E-state index contributed by atoms with van der Waals surface area (Å²) < 4.78 is 34.9. The maximum absolute atomic E-state index is 12.7. The van der Waals surface area contributed by atoms with Crippen molar-refractivity contribution in [2.75, 3.05) is 5.32 Å². The molecule has 0 spiro atoms. The largest absolute Gasteiger partial charge is 0.362 e. The smallest absolute Gasteiger partial charge is 0.238 e. The van der Waals surface area contributed by atoms with E-state index in [1.165, 1.54) is 60.8 Å². The molecule has 0 fully saturated rings. The molecule has 0 atom stereocenters. The molecule has 0 aliphatic rings. The molecular formula is C15H13FN2O3S. The number of benzene rings is 2. The Bertz CT molecular complexity index is 798. The Hall–Kier alpha value is -2.51. The third-order valence-corrected chi connectivity index (χ3v) is 3.73. The summed E-state index contributed by atoms with van der Waals surface area (Å²) in [5.74, 6) is -0.692. The van der Waals surface area contributed by atoms with Gasteiger partial charge in [0.05, 0.1) is 4.90 Å². The third-order valence-electron chi connectivity index (χ3n) is 2.80. The number of carbonyl (C=O) groups excluding carboxylic acids is 1. The van der Waals surface area contributed by atoms with Gasteiger partial charge in [-0.25, -0.2) is 17.9 Å². The molecule has 0 unspecified atom stereocenters. The predicted molar refractivity (Wildman–Crippen MR) is 81.3 cm³/mol. The van der Waals surface area contributed by atoms with Gasteiger partial charge in [-0.1, -0.05) is 0 Å². The molecule has 0 saturated carbocycles. The Labute approximate surface area is 127 Å². The van der Waals surface area contributed by atoms with Gasteiger partial charge in [-0.3, -0.25) is 4.79 Å². The van der Waals surface area contributed by atoms with Crippen LogP contribution in [0.5, 0.6) is 0 Å². The number of anilines is 1. The molecule has 0 saturated heterocycles. The topological polar surface area (TPSA) is 89.3 Å². The van der Waals surface area contributed by atoms with E-state index in [0.717, 1.165) is 0 Å². The van der Waals surface area contributed by atoms with E-state index in [0.29, 0.717) is 11.3 Å². The van der Waals surface area contributed by atoms with Crippen molar-refractivity contribution in [1.29, 1.82) is 0 Å². The number of hydrogen-bond acceptors (Lipinski definition) is 4. The highest BCUT2D eigenvalue weighted by Crippen LogP contribution is 2.12. The normalized spacial score (nSPS) is 11.5. The molecule has 0 radical (unpaired) electrons. The molecule has 0 aromatic heterocycles. The molecule has 22 heavy (non-hydrogen) atoms. The molecular weight excluding hydrogens is 307 g/mol. The van der Waals surface area contributed by atoms with Crippen molar-refractivity contribution in [2.45, 2.75) is 4.90 Å². The fraction of sp³-hybridized carbons (Fsp3) is 0. The third kappa shape index (κ3) is 4.24. The molecule has 0 bridgehead atoms. The van der Waals surface area contributed by atoms with E-state index in [4.69, 9.17) is 5.14 Å². The van der Waals surface area contributed by atoms with Crippen molar-refractivity contribution in [3.63, 3.8) is 0 Å². The summed E-state index contributed by atoms with van der Waals surface area (Å²) in [6, 6.07) is 11.0. The monoisotopic (exact) mass is 320 g/mol. The molecule has 0 heterocycles.